The van der Waals surface area contributed by atoms with Gasteiger partial charge in [-0.05, 0) is 55.2 Å². The Morgan fingerprint density at radius 2 is 1.83 bits per heavy atom. The largest absolute Gasteiger partial charge is 0.497 e. The van der Waals surface area contributed by atoms with Crippen molar-refractivity contribution in [2.45, 2.75) is 31.7 Å². The molecule has 2 aromatic carbocycles. The van der Waals surface area contributed by atoms with Crippen molar-refractivity contribution in [2.24, 2.45) is 0 Å². The third kappa shape index (κ3) is 5.28. The van der Waals surface area contributed by atoms with Gasteiger partial charge in [0.05, 0.1) is 19.8 Å². The first-order valence-corrected chi connectivity index (χ1v) is 10.1. The lowest BCUT2D eigenvalue weighted by molar-refractivity contribution is -0.122. The summed E-state index contributed by atoms with van der Waals surface area (Å²) in [6.07, 6.45) is 2.16. The summed E-state index contributed by atoms with van der Waals surface area (Å²) in [6.45, 7) is 0.976. The van der Waals surface area contributed by atoms with Gasteiger partial charge in [-0.1, -0.05) is 12.1 Å². The van der Waals surface area contributed by atoms with Crippen LogP contribution >= 0.6 is 0 Å². The van der Waals surface area contributed by atoms with Crippen LogP contribution in [0.25, 0.3) is 0 Å². The number of carbonyl (C=O) groups is 2. The minimum absolute atomic E-state index is 0.00868. The number of aryl methyl sites for hydroxylation is 1. The van der Waals surface area contributed by atoms with Gasteiger partial charge >= 0.3 is 0 Å². The third-order valence-corrected chi connectivity index (χ3v) is 5.36. The number of rotatable bonds is 7. The molecule has 3 rings (SSSR count). The monoisotopic (exact) mass is 414 g/mol. The van der Waals surface area contributed by atoms with Crippen LogP contribution in [0, 0.1) is 5.82 Å². The van der Waals surface area contributed by atoms with E-state index in [9.17, 15) is 14.0 Å². The van der Waals surface area contributed by atoms with Crippen LogP contribution in [0.3, 0.4) is 0 Å². The highest BCUT2D eigenvalue weighted by Crippen LogP contribution is 2.25. The minimum Gasteiger partial charge on any atom is -0.497 e. The Morgan fingerprint density at radius 1 is 1.10 bits per heavy atom. The zero-order valence-corrected chi connectivity index (χ0v) is 17.3. The molecule has 0 atom stereocenters. The number of hydrogen-bond donors (Lipinski definition) is 1. The number of piperidine rings is 1. The van der Waals surface area contributed by atoms with Crippen LogP contribution in [-0.4, -0.2) is 50.1 Å². The van der Waals surface area contributed by atoms with E-state index in [0.29, 0.717) is 38.8 Å². The maximum atomic E-state index is 13.8. The molecule has 2 aromatic rings. The van der Waals surface area contributed by atoms with Gasteiger partial charge < -0.3 is 19.7 Å². The number of carbonyl (C=O) groups excluding carboxylic acids is 2. The van der Waals surface area contributed by atoms with E-state index in [1.165, 1.54) is 12.1 Å². The van der Waals surface area contributed by atoms with Crippen LogP contribution in [0.1, 0.15) is 35.2 Å². The van der Waals surface area contributed by atoms with E-state index in [-0.39, 0.29) is 23.4 Å². The molecule has 1 aliphatic heterocycles. The molecule has 0 unspecified atom stereocenters. The second-order valence-corrected chi connectivity index (χ2v) is 7.29. The summed E-state index contributed by atoms with van der Waals surface area (Å²) in [4.78, 5) is 26.5. The molecule has 1 aliphatic rings. The topological polar surface area (TPSA) is 67.9 Å². The minimum atomic E-state index is -0.508. The second-order valence-electron chi connectivity index (χ2n) is 7.29. The van der Waals surface area contributed by atoms with Gasteiger partial charge in [-0.25, -0.2) is 4.39 Å². The highest BCUT2D eigenvalue weighted by molar-refractivity contribution is 5.94. The number of methoxy groups -OCH3 is 2. The van der Waals surface area contributed by atoms with Gasteiger partial charge in [0.1, 0.15) is 17.3 Å². The summed E-state index contributed by atoms with van der Waals surface area (Å²) < 4.78 is 24.4. The van der Waals surface area contributed by atoms with Gasteiger partial charge in [0, 0.05) is 25.6 Å². The Balaban J connectivity index is 1.48. The predicted octanol–water partition coefficient (Wildman–Crippen LogP) is 3.20. The Morgan fingerprint density at radius 3 is 2.50 bits per heavy atom. The van der Waals surface area contributed by atoms with Crippen molar-refractivity contribution in [2.75, 3.05) is 27.3 Å². The van der Waals surface area contributed by atoms with Crippen LogP contribution in [-0.2, 0) is 11.2 Å². The van der Waals surface area contributed by atoms with E-state index in [4.69, 9.17) is 9.47 Å². The van der Waals surface area contributed by atoms with Gasteiger partial charge in [0.15, 0.2) is 0 Å². The first kappa shape index (κ1) is 21.6. The van der Waals surface area contributed by atoms with Gasteiger partial charge in [-0.15, -0.1) is 0 Å². The highest BCUT2D eigenvalue weighted by Gasteiger charge is 2.26. The van der Waals surface area contributed by atoms with Gasteiger partial charge in [0.25, 0.3) is 5.91 Å². The number of amides is 2. The number of ether oxygens (including phenoxy) is 2. The number of hydrogen-bond acceptors (Lipinski definition) is 4. The van der Waals surface area contributed by atoms with Crippen LogP contribution in [0.2, 0.25) is 0 Å². The summed E-state index contributed by atoms with van der Waals surface area (Å²) >= 11 is 0. The Bertz CT molecular complexity index is 895. The standard InChI is InChI=1S/C23H27FN2O4/c1-29-18-8-9-21(30-2)16(15-18)7-10-22(27)25-17-11-13-26(14-12-17)23(28)19-5-3-4-6-20(19)24/h3-6,8-9,15,17H,7,10-14H2,1-2H3,(H,25,27). The van der Waals surface area contributed by atoms with E-state index in [2.05, 4.69) is 5.32 Å². The van der Waals surface area contributed by atoms with Gasteiger partial charge in [-0.3, -0.25) is 9.59 Å². The molecule has 0 spiro atoms. The molecule has 1 fully saturated rings. The molecule has 2 amide bonds. The molecule has 6 nitrogen and oxygen atoms in total. The number of nitrogens with zero attached hydrogens (tertiary/aromatic N) is 1. The highest BCUT2D eigenvalue weighted by atomic mass is 19.1. The normalized spacial score (nSPS) is 14.3. The van der Waals surface area contributed by atoms with Crippen molar-refractivity contribution in [1.29, 1.82) is 0 Å². The molecule has 160 valence electrons. The molecule has 1 saturated heterocycles. The molecular formula is C23H27FN2O4. The van der Waals surface area contributed by atoms with Crippen LogP contribution < -0.4 is 14.8 Å². The smallest absolute Gasteiger partial charge is 0.256 e. The average molecular weight is 414 g/mol. The molecule has 1 heterocycles. The Hall–Kier alpha value is -3.09. The first-order valence-electron chi connectivity index (χ1n) is 10.1. The van der Waals surface area contributed by atoms with Crippen molar-refractivity contribution in [3.63, 3.8) is 0 Å². The van der Waals surface area contributed by atoms with E-state index in [0.717, 1.165) is 17.1 Å². The molecule has 0 radical (unpaired) electrons. The number of benzene rings is 2. The van der Waals surface area contributed by atoms with Gasteiger partial charge in [-0.2, -0.15) is 0 Å². The van der Waals surface area contributed by atoms with Crippen molar-refractivity contribution in [1.82, 2.24) is 10.2 Å². The quantitative estimate of drug-likeness (QED) is 0.756. The summed E-state index contributed by atoms with van der Waals surface area (Å²) in [5.74, 6) is 0.592. The SMILES string of the molecule is COc1ccc(OC)c(CCC(=O)NC2CCN(C(=O)c3ccccc3F)CC2)c1. The van der Waals surface area contributed by atoms with Crippen molar-refractivity contribution >= 4 is 11.8 Å². The van der Waals surface area contributed by atoms with E-state index < -0.39 is 5.82 Å². The third-order valence-electron chi connectivity index (χ3n) is 5.36. The summed E-state index contributed by atoms with van der Waals surface area (Å²) in [5.41, 5.74) is 1.00. The second kappa shape index (κ2) is 10.1. The number of likely N-dealkylation sites (tertiary alicyclic amines) is 1. The first-order chi connectivity index (χ1) is 14.5. The predicted molar refractivity (Wildman–Crippen MR) is 111 cm³/mol. The number of nitrogens with one attached hydrogen (secondary N) is 1. The molecule has 0 aliphatic carbocycles. The summed E-state index contributed by atoms with van der Waals surface area (Å²) in [5, 5.41) is 3.04. The van der Waals surface area contributed by atoms with Gasteiger partial charge in [0.2, 0.25) is 5.91 Å². The molecule has 1 N–H and O–H groups in total. The molecule has 0 aromatic heterocycles. The van der Waals surface area contributed by atoms with Crippen LogP contribution in [0.15, 0.2) is 42.5 Å². The molecule has 0 saturated carbocycles. The molecule has 30 heavy (non-hydrogen) atoms. The summed E-state index contributed by atoms with van der Waals surface area (Å²) in [7, 11) is 3.20. The zero-order chi connectivity index (χ0) is 21.5. The van der Waals surface area contributed by atoms with Crippen molar-refractivity contribution in [3.05, 3.63) is 59.4 Å². The van der Waals surface area contributed by atoms with E-state index >= 15 is 0 Å². The van der Waals surface area contributed by atoms with Crippen LogP contribution in [0.4, 0.5) is 4.39 Å². The molecular weight excluding hydrogens is 387 g/mol. The Labute approximate surface area is 176 Å². The fourth-order valence-corrected chi connectivity index (χ4v) is 3.66. The fraction of sp³-hybridized carbons (Fsp3) is 0.391. The van der Waals surface area contributed by atoms with Crippen molar-refractivity contribution < 1.29 is 23.5 Å². The maximum Gasteiger partial charge on any atom is 0.256 e. The lowest BCUT2D eigenvalue weighted by Crippen LogP contribution is -2.46. The molecule has 7 heteroatoms. The van der Waals surface area contributed by atoms with E-state index in [1.807, 2.05) is 18.2 Å². The average Bonchev–Trinajstić information content (AvgIpc) is 2.78. The summed E-state index contributed by atoms with van der Waals surface area (Å²) in [6, 6.07) is 11.5. The number of halogens is 1. The lowest BCUT2D eigenvalue weighted by atomic mass is 10.0. The maximum absolute atomic E-state index is 13.8. The van der Waals surface area contributed by atoms with Crippen LogP contribution in [0.5, 0.6) is 11.5 Å². The fourth-order valence-electron chi connectivity index (χ4n) is 3.66. The zero-order valence-electron chi connectivity index (χ0n) is 17.3. The van der Waals surface area contributed by atoms with E-state index in [1.54, 1.807) is 31.3 Å². The molecule has 0 bridgehead atoms. The Kier molecular flexibility index (Phi) is 7.27. The van der Waals surface area contributed by atoms with Crippen molar-refractivity contribution in [3.8, 4) is 11.5 Å². The lowest BCUT2D eigenvalue weighted by Gasteiger charge is -2.32.